The highest BCUT2D eigenvalue weighted by atomic mass is 16.4. The Hall–Kier alpha value is -1.96. The second kappa shape index (κ2) is 4.96. The first-order chi connectivity index (χ1) is 9.22. The molecule has 0 spiro atoms. The van der Waals surface area contributed by atoms with Crippen molar-refractivity contribution in [3.8, 4) is 0 Å². The van der Waals surface area contributed by atoms with Crippen LogP contribution in [-0.2, 0) is 9.59 Å². The standard InChI is InChI=1S/C11H15N5O3/c17-8-4-3-6(13-8)9(18)14-11-16-15-10(19-11)7-2-1-5-12-7/h6-7,12H,1-5H2,(H,13,17)(H,14,16,18). The first-order valence-electron chi connectivity index (χ1n) is 6.39. The van der Waals surface area contributed by atoms with Gasteiger partial charge in [0.05, 0.1) is 6.04 Å². The molecule has 2 aliphatic heterocycles. The number of hydrogen-bond acceptors (Lipinski definition) is 6. The van der Waals surface area contributed by atoms with Crippen molar-refractivity contribution in [2.24, 2.45) is 0 Å². The van der Waals surface area contributed by atoms with Gasteiger partial charge in [-0.05, 0) is 25.8 Å². The number of amides is 2. The van der Waals surface area contributed by atoms with Gasteiger partial charge in [-0.2, -0.15) is 0 Å². The number of hydrogen-bond donors (Lipinski definition) is 3. The van der Waals surface area contributed by atoms with Gasteiger partial charge in [0.15, 0.2) is 0 Å². The average Bonchev–Trinajstić information content (AvgIpc) is 3.07. The van der Waals surface area contributed by atoms with E-state index in [4.69, 9.17) is 4.42 Å². The minimum atomic E-state index is -0.507. The molecule has 3 heterocycles. The van der Waals surface area contributed by atoms with Gasteiger partial charge in [0.1, 0.15) is 6.04 Å². The van der Waals surface area contributed by atoms with Crippen molar-refractivity contribution in [2.75, 3.05) is 11.9 Å². The average molecular weight is 265 g/mol. The molecule has 19 heavy (non-hydrogen) atoms. The van der Waals surface area contributed by atoms with E-state index >= 15 is 0 Å². The third-order valence-electron chi connectivity index (χ3n) is 3.34. The second-order valence-electron chi connectivity index (χ2n) is 4.74. The predicted molar refractivity (Wildman–Crippen MR) is 64.1 cm³/mol. The van der Waals surface area contributed by atoms with Crippen molar-refractivity contribution in [1.29, 1.82) is 0 Å². The van der Waals surface area contributed by atoms with Gasteiger partial charge in [-0.1, -0.05) is 5.10 Å². The van der Waals surface area contributed by atoms with Gasteiger partial charge < -0.3 is 15.1 Å². The van der Waals surface area contributed by atoms with Crippen LogP contribution in [0.4, 0.5) is 6.01 Å². The van der Waals surface area contributed by atoms with E-state index in [9.17, 15) is 9.59 Å². The predicted octanol–water partition coefficient (Wildman–Crippen LogP) is -0.289. The third-order valence-corrected chi connectivity index (χ3v) is 3.34. The third kappa shape index (κ3) is 2.58. The number of carbonyl (C=O) groups is 2. The molecule has 2 fully saturated rings. The Balaban J connectivity index is 1.60. The van der Waals surface area contributed by atoms with Crippen LogP contribution in [0, 0.1) is 0 Å². The zero-order valence-corrected chi connectivity index (χ0v) is 10.3. The van der Waals surface area contributed by atoms with Gasteiger partial charge in [0.25, 0.3) is 5.91 Å². The Morgan fingerprint density at radius 2 is 2.26 bits per heavy atom. The van der Waals surface area contributed by atoms with E-state index in [0.717, 1.165) is 19.4 Å². The zero-order valence-electron chi connectivity index (χ0n) is 10.3. The van der Waals surface area contributed by atoms with Crippen molar-refractivity contribution in [3.05, 3.63) is 5.89 Å². The van der Waals surface area contributed by atoms with Gasteiger partial charge in [-0.3, -0.25) is 14.9 Å². The molecule has 2 unspecified atom stereocenters. The maximum atomic E-state index is 11.8. The smallest absolute Gasteiger partial charge is 0.322 e. The van der Waals surface area contributed by atoms with Crippen LogP contribution in [0.1, 0.15) is 37.6 Å². The molecule has 0 saturated carbocycles. The number of rotatable bonds is 3. The summed E-state index contributed by atoms with van der Waals surface area (Å²) in [6.07, 6.45) is 2.89. The molecular formula is C11H15N5O3. The van der Waals surface area contributed by atoms with Crippen molar-refractivity contribution >= 4 is 17.8 Å². The maximum absolute atomic E-state index is 11.8. The quantitative estimate of drug-likeness (QED) is 0.693. The van der Waals surface area contributed by atoms with Crippen molar-refractivity contribution in [1.82, 2.24) is 20.8 Å². The lowest BCUT2D eigenvalue weighted by Gasteiger charge is -2.07. The summed E-state index contributed by atoms with van der Waals surface area (Å²) in [6.45, 7) is 0.933. The highest BCUT2D eigenvalue weighted by Crippen LogP contribution is 2.23. The first kappa shape index (κ1) is 12.1. The van der Waals surface area contributed by atoms with Crippen LogP contribution in [0.2, 0.25) is 0 Å². The number of aromatic nitrogens is 2. The lowest BCUT2D eigenvalue weighted by Crippen LogP contribution is -2.37. The Morgan fingerprint density at radius 1 is 1.37 bits per heavy atom. The second-order valence-corrected chi connectivity index (χ2v) is 4.74. The number of anilines is 1. The zero-order chi connectivity index (χ0) is 13.2. The van der Waals surface area contributed by atoms with Crippen LogP contribution in [0.3, 0.4) is 0 Å². The van der Waals surface area contributed by atoms with E-state index < -0.39 is 6.04 Å². The van der Waals surface area contributed by atoms with Gasteiger partial charge in [0, 0.05) is 6.42 Å². The number of nitrogens with one attached hydrogen (secondary N) is 3. The minimum Gasteiger partial charge on any atom is -0.406 e. The molecule has 0 radical (unpaired) electrons. The Morgan fingerprint density at radius 3 is 2.95 bits per heavy atom. The molecule has 3 rings (SSSR count). The van der Waals surface area contributed by atoms with Gasteiger partial charge in [-0.15, -0.1) is 5.10 Å². The molecule has 2 saturated heterocycles. The highest BCUT2D eigenvalue weighted by molar-refractivity contribution is 5.97. The number of nitrogens with zero attached hydrogens (tertiary/aromatic N) is 2. The van der Waals surface area contributed by atoms with Gasteiger partial charge >= 0.3 is 6.01 Å². The normalized spacial score (nSPS) is 26.4. The molecule has 3 N–H and O–H groups in total. The fourth-order valence-corrected chi connectivity index (χ4v) is 2.32. The molecular weight excluding hydrogens is 250 g/mol. The highest BCUT2D eigenvalue weighted by Gasteiger charge is 2.29. The molecule has 0 aromatic carbocycles. The van der Waals surface area contributed by atoms with Crippen LogP contribution < -0.4 is 16.0 Å². The van der Waals surface area contributed by atoms with E-state index in [2.05, 4.69) is 26.1 Å². The molecule has 2 aliphatic rings. The molecule has 8 heteroatoms. The van der Waals surface area contributed by atoms with Crippen LogP contribution in [0.15, 0.2) is 4.42 Å². The molecule has 102 valence electrons. The first-order valence-corrected chi connectivity index (χ1v) is 6.39. The Labute approximate surface area is 109 Å². The Bertz CT molecular complexity index is 494. The minimum absolute atomic E-state index is 0.0735. The summed E-state index contributed by atoms with van der Waals surface area (Å²) in [5.41, 5.74) is 0. The molecule has 1 aromatic rings. The van der Waals surface area contributed by atoms with Crippen LogP contribution in [0.25, 0.3) is 0 Å². The Kier molecular flexibility index (Phi) is 3.16. The van der Waals surface area contributed by atoms with Crippen LogP contribution in [0.5, 0.6) is 0 Å². The fraction of sp³-hybridized carbons (Fsp3) is 0.636. The van der Waals surface area contributed by atoms with E-state index in [1.54, 1.807) is 0 Å². The molecule has 2 atom stereocenters. The molecule has 8 nitrogen and oxygen atoms in total. The van der Waals surface area contributed by atoms with Crippen molar-refractivity contribution in [3.63, 3.8) is 0 Å². The van der Waals surface area contributed by atoms with E-state index in [1.165, 1.54) is 0 Å². The van der Waals surface area contributed by atoms with E-state index in [1.807, 2.05) is 0 Å². The summed E-state index contributed by atoms with van der Waals surface area (Å²) in [7, 11) is 0. The summed E-state index contributed by atoms with van der Waals surface area (Å²) >= 11 is 0. The monoisotopic (exact) mass is 265 g/mol. The fourth-order valence-electron chi connectivity index (χ4n) is 2.32. The summed E-state index contributed by atoms with van der Waals surface area (Å²) in [5, 5.41) is 16.0. The van der Waals surface area contributed by atoms with E-state index in [0.29, 0.717) is 18.7 Å². The SMILES string of the molecule is O=C1CCC(C(=O)Nc2nnc(C3CCCN3)o2)N1. The van der Waals surface area contributed by atoms with E-state index in [-0.39, 0.29) is 23.9 Å². The summed E-state index contributed by atoms with van der Waals surface area (Å²) in [5.74, 6) is 0.0604. The van der Waals surface area contributed by atoms with Gasteiger partial charge in [0.2, 0.25) is 11.8 Å². The molecule has 1 aromatic heterocycles. The molecule has 2 amide bonds. The maximum Gasteiger partial charge on any atom is 0.322 e. The van der Waals surface area contributed by atoms with Crippen LogP contribution in [-0.4, -0.2) is 34.6 Å². The van der Waals surface area contributed by atoms with Crippen LogP contribution >= 0.6 is 0 Å². The van der Waals surface area contributed by atoms with Gasteiger partial charge in [-0.25, -0.2) is 0 Å². The topological polar surface area (TPSA) is 109 Å². The number of carbonyl (C=O) groups excluding carboxylic acids is 2. The largest absolute Gasteiger partial charge is 0.406 e. The molecule has 0 aliphatic carbocycles. The van der Waals surface area contributed by atoms with Crippen molar-refractivity contribution < 1.29 is 14.0 Å². The van der Waals surface area contributed by atoms with Crippen molar-refractivity contribution in [2.45, 2.75) is 37.8 Å². The summed E-state index contributed by atoms with van der Waals surface area (Å²) in [4.78, 5) is 22.9. The lowest BCUT2D eigenvalue weighted by molar-refractivity contribution is -0.122. The summed E-state index contributed by atoms with van der Waals surface area (Å²) in [6, 6.07) is -0.355. The molecule has 0 bridgehead atoms. The summed E-state index contributed by atoms with van der Waals surface area (Å²) < 4.78 is 5.40. The lowest BCUT2D eigenvalue weighted by atomic mass is 10.2.